The Morgan fingerprint density at radius 3 is 2.32 bits per heavy atom. The average Bonchev–Trinajstić information content (AvgIpc) is 2.73. The van der Waals surface area contributed by atoms with Gasteiger partial charge in [-0.05, 0) is 48.4 Å². The van der Waals surface area contributed by atoms with Crippen molar-refractivity contribution in [3.05, 3.63) is 58.6 Å². The second kappa shape index (κ2) is 11.5. The summed E-state index contributed by atoms with van der Waals surface area (Å²) in [6, 6.07) is 10.9. The zero-order valence-corrected chi connectivity index (χ0v) is 17.5. The molecule has 168 valence electrons. The van der Waals surface area contributed by atoms with Crippen LogP contribution in [0.15, 0.2) is 42.5 Å². The summed E-state index contributed by atoms with van der Waals surface area (Å²) in [6.45, 7) is -0.905. The SMILES string of the molecule is COc1cc(CCC(=O)NCCNC(=O)c2ccc(Cl)cc2)ccc1OCC(F)(F)F. The van der Waals surface area contributed by atoms with Gasteiger partial charge in [0, 0.05) is 30.1 Å². The van der Waals surface area contributed by atoms with Gasteiger partial charge in [0.05, 0.1) is 7.11 Å². The van der Waals surface area contributed by atoms with Crippen molar-refractivity contribution in [2.75, 3.05) is 26.8 Å². The fraction of sp³-hybridized carbons (Fsp3) is 0.333. The first kappa shape index (κ1) is 24.3. The molecule has 0 radical (unpaired) electrons. The summed E-state index contributed by atoms with van der Waals surface area (Å²) in [6.07, 6.45) is -3.92. The maximum absolute atomic E-state index is 12.3. The Labute approximate surface area is 182 Å². The van der Waals surface area contributed by atoms with Gasteiger partial charge in [0.15, 0.2) is 18.1 Å². The number of halogens is 4. The molecule has 0 heterocycles. The van der Waals surface area contributed by atoms with Crippen LogP contribution in [0, 0.1) is 0 Å². The van der Waals surface area contributed by atoms with Crippen molar-refractivity contribution >= 4 is 23.4 Å². The van der Waals surface area contributed by atoms with Gasteiger partial charge in [-0.15, -0.1) is 0 Å². The van der Waals surface area contributed by atoms with E-state index in [4.69, 9.17) is 21.1 Å². The van der Waals surface area contributed by atoms with Crippen LogP contribution in [-0.4, -0.2) is 44.8 Å². The molecule has 0 aromatic heterocycles. The Hall–Kier alpha value is -2.94. The molecule has 0 bridgehead atoms. The standard InChI is InChI=1S/C21H22ClF3N2O4/c1-30-18-12-14(2-8-17(18)31-13-21(23,24)25)3-9-19(28)26-10-11-27-20(29)15-4-6-16(22)7-5-15/h2,4-8,12H,3,9-11,13H2,1H3,(H,26,28)(H,27,29). The van der Waals surface area contributed by atoms with E-state index in [1.165, 1.54) is 19.2 Å². The van der Waals surface area contributed by atoms with Crippen molar-refractivity contribution in [2.24, 2.45) is 0 Å². The lowest BCUT2D eigenvalue weighted by atomic mass is 10.1. The molecule has 0 fully saturated rings. The van der Waals surface area contributed by atoms with Crippen molar-refractivity contribution in [2.45, 2.75) is 19.0 Å². The summed E-state index contributed by atoms with van der Waals surface area (Å²) >= 11 is 5.77. The Morgan fingerprint density at radius 2 is 1.68 bits per heavy atom. The van der Waals surface area contributed by atoms with E-state index in [2.05, 4.69) is 10.6 Å². The number of hydrogen-bond donors (Lipinski definition) is 2. The number of benzene rings is 2. The van der Waals surface area contributed by atoms with Crippen LogP contribution in [-0.2, 0) is 11.2 Å². The van der Waals surface area contributed by atoms with Crippen molar-refractivity contribution < 1.29 is 32.2 Å². The Bertz CT molecular complexity index is 889. The van der Waals surface area contributed by atoms with Crippen molar-refractivity contribution in [3.8, 4) is 11.5 Å². The van der Waals surface area contributed by atoms with E-state index in [9.17, 15) is 22.8 Å². The predicted octanol–water partition coefficient (Wildman–Crippen LogP) is 3.77. The molecule has 0 atom stereocenters. The highest BCUT2D eigenvalue weighted by Gasteiger charge is 2.29. The largest absolute Gasteiger partial charge is 0.493 e. The van der Waals surface area contributed by atoms with E-state index in [1.54, 1.807) is 30.3 Å². The molecule has 0 spiro atoms. The summed E-state index contributed by atoms with van der Waals surface area (Å²) in [5, 5.41) is 5.91. The summed E-state index contributed by atoms with van der Waals surface area (Å²) in [7, 11) is 1.32. The molecule has 0 saturated carbocycles. The molecule has 0 aliphatic rings. The van der Waals surface area contributed by atoms with Crippen LogP contribution in [0.5, 0.6) is 11.5 Å². The number of aryl methyl sites for hydroxylation is 1. The number of carbonyl (C=O) groups excluding carboxylic acids is 2. The lowest BCUT2D eigenvalue weighted by Gasteiger charge is -2.13. The van der Waals surface area contributed by atoms with Crippen molar-refractivity contribution in [3.63, 3.8) is 0 Å². The van der Waals surface area contributed by atoms with Gasteiger partial charge in [0.2, 0.25) is 5.91 Å². The van der Waals surface area contributed by atoms with Crippen LogP contribution < -0.4 is 20.1 Å². The minimum Gasteiger partial charge on any atom is -0.493 e. The molecule has 2 amide bonds. The van der Waals surface area contributed by atoms with E-state index < -0.39 is 12.8 Å². The maximum Gasteiger partial charge on any atom is 0.422 e. The van der Waals surface area contributed by atoms with Crippen LogP contribution in [0.2, 0.25) is 5.02 Å². The number of hydrogen-bond acceptors (Lipinski definition) is 4. The summed E-state index contributed by atoms with van der Waals surface area (Å²) in [5.74, 6) is -0.362. The number of amides is 2. The first-order chi connectivity index (χ1) is 14.7. The van der Waals surface area contributed by atoms with Crippen LogP contribution in [0.1, 0.15) is 22.3 Å². The summed E-state index contributed by atoms with van der Waals surface area (Å²) < 4.78 is 46.7. The number of alkyl halides is 3. The van der Waals surface area contributed by atoms with Gasteiger partial charge in [-0.3, -0.25) is 9.59 Å². The molecule has 6 nitrogen and oxygen atoms in total. The molecule has 10 heteroatoms. The minimum absolute atomic E-state index is 0.0237. The highest BCUT2D eigenvalue weighted by atomic mass is 35.5. The van der Waals surface area contributed by atoms with E-state index >= 15 is 0 Å². The van der Waals surface area contributed by atoms with E-state index in [0.29, 0.717) is 22.6 Å². The van der Waals surface area contributed by atoms with Crippen LogP contribution in [0.25, 0.3) is 0 Å². The number of rotatable bonds is 10. The van der Waals surface area contributed by atoms with E-state index in [0.717, 1.165) is 0 Å². The monoisotopic (exact) mass is 458 g/mol. The molecular weight excluding hydrogens is 437 g/mol. The first-order valence-electron chi connectivity index (χ1n) is 9.35. The molecule has 0 saturated heterocycles. The Morgan fingerprint density at radius 1 is 1.00 bits per heavy atom. The fourth-order valence-electron chi connectivity index (χ4n) is 2.57. The Kier molecular flexibility index (Phi) is 8.99. The van der Waals surface area contributed by atoms with Gasteiger partial charge in [-0.2, -0.15) is 13.2 Å². The van der Waals surface area contributed by atoms with Gasteiger partial charge in [0.1, 0.15) is 0 Å². The molecule has 0 aliphatic carbocycles. The third-order valence-electron chi connectivity index (χ3n) is 4.10. The van der Waals surface area contributed by atoms with Gasteiger partial charge in [0.25, 0.3) is 5.91 Å². The molecule has 2 N–H and O–H groups in total. The van der Waals surface area contributed by atoms with Gasteiger partial charge >= 0.3 is 6.18 Å². The van der Waals surface area contributed by atoms with Gasteiger partial charge in [-0.1, -0.05) is 17.7 Å². The van der Waals surface area contributed by atoms with E-state index in [1.807, 2.05) is 0 Å². The van der Waals surface area contributed by atoms with Gasteiger partial charge in [-0.25, -0.2) is 0 Å². The van der Waals surface area contributed by atoms with Crippen molar-refractivity contribution in [1.29, 1.82) is 0 Å². The number of nitrogens with one attached hydrogen (secondary N) is 2. The highest BCUT2D eigenvalue weighted by Crippen LogP contribution is 2.30. The van der Waals surface area contributed by atoms with Crippen molar-refractivity contribution in [1.82, 2.24) is 10.6 Å². The number of methoxy groups -OCH3 is 1. The first-order valence-corrected chi connectivity index (χ1v) is 9.72. The van der Waals surface area contributed by atoms with Crippen LogP contribution in [0.3, 0.4) is 0 Å². The maximum atomic E-state index is 12.3. The summed E-state index contributed by atoms with van der Waals surface area (Å²) in [5.41, 5.74) is 1.18. The second-order valence-electron chi connectivity index (χ2n) is 6.50. The third kappa shape index (κ3) is 8.75. The molecule has 2 aromatic carbocycles. The molecule has 31 heavy (non-hydrogen) atoms. The quantitative estimate of drug-likeness (QED) is 0.531. The molecule has 0 unspecified atom stereocenters. The number of ether oxygens (including phenoxy) is 2. The summed E-state index contributed by atoms with van der Waals surface area (Å²) in [4.78, 5) is 23.9. The van der Waals surface area contributed by atoms with Crippen LogP contribution >= 0.6 is 11.6 Å². The molecular formula is C21H22ClF3N2O4. The minimum atomic E-state index is -4.45. The van der Waals surface area contributed by atoms with Crippen LogP contribution in [0.4, 0.5) is 13.2 Å². The molecule has 0 aliphatic heterocycles. The van der Waals surface area contributed by atoms with E-state index in [-0.39, 0.29) is 42.8 Å². The molecule has 2 aromatic rings. The smallest absolute Gasteiger partial charge is 0.422 e. The second-order valence-corrected chi connectivity index (χ2v) is 6.94. The highest BCUT2D eigenvalue weighted by molar-refractivity contribution is 6.30. The topological polar surface area (TPSA) is 76.7 Å². The fourth-order valence-corrected chi connectivity index (χ4v) is 2.70. The molecule has 2 rings (SSSR count). The lowest BCUT2D eigenvalue weighted by Crippen LogP contribution is -2.34. The zero-order valence-electron chi connectivity index (χ0n) is 16.7. The number of carbonyl (C=O) groups is 2. The lowest BCUT2D eigenvalue weighted by molar-refractivity contribution is -0.153. The zero-order chi connectivity index (χ0) is 22.9. The Balaban J connectivity index is 1.73. The predicted molar refractivity (Wildman–Crippen MR) is 110 cm³/mol. The van der Waals surface area contributed by atoms with Gasteiger partial charge < -0.3 is 20.1 Å². The third-order valence-corrected chi connectivity index (χ3v) is 4.35. The normalized spacial score (nSPS) is 11.0. The average molecular weight is 459 g/mol.